The Morgan fingerprint density at radius 3 is 2.63 bits per heavy atom. The molecule has 4 heteroatoms. The van der Waals surface area contributed by atoms with Crippen LogP contribution >= 0.6 is 11.8 Å². The first-order valence-electron chi connectivity index (χ1n) is 7.81. The number of nitrogens with one attached hydrogen (secondary N) is 1. The van der Waals surface area contributed by atoms with Crippen molar-refractivity contribution in [3.63, 3.8) is 0 Å². The van der Waals surface area contributed by atoms with Gasteiger partial charge < -0.3 is 4.90 Å². The second kappa shape index (κ2) is 5.28. The standard InChI is InChI=1S/C15H26N2OS/c1-3-12(10-19-2)17-13(11-6-4-5-7-11)16-15(8-9-15)14(17)18/h11-13,16H,3-10H2,1-2H3. The summed E-state index contributed by atoms with van der Waals surface area (Å²) in [6, 6.07) is 0.417. The molecule has 2 aliphatic carbocycles. The molecule has 19 heavy (non-hydrogen) atoms. The van der Waals surface area contributed by atoms with E-state index in [9.17, 15) is 4.79 Å². The Kier molecular flexibility index (Phi) is 3.82. The molecule has 1 spiro atoms. The van der Waals surface area contributed by atoms with Crippen molar-refractivity contribution in [2.45, 2.75) is 69.6 Å². The average Bonchev–Trinajstić information content (AvgIpc) is 2.88. The summed E-state index contributed by atoms with van der Waals surface area (Å²) in [7, 11) is 0. The van der Waals surface area contributed by atoms with Crippen LogP contribution in [0.4, 0.5) is 0 Å². The Hall–Kier alpha value is -0.220. The molecule has 3 fully saturated rings. The molecular formula is C15H26N2OS. The van der Waals surface area contributed by atoms with Crippen LogP contribution in [-0.4, -0.2) is 40.6 Å². The van der Waals surface area contributed by atoms with Crippen molar-refractivity contribution in [1.29, 1.82) is 0 Å². The molecule has 3 aliphatic rings. The van der Waals surface area contributed by atoms with E-state index in [0.29, 0.717) is 24.0 Å². The number of nitrogens with zero attached hydrogens (tertiary/aromatic N) is 1. The number of carbonyl (C=O) groups is 1. The molecule has 1 amide bonds. The van der Waals surface area contributed by atoms with Crippen molar-refractivity contribution >= 4 is 17.7 Å². The SMILES string of the molecule is CCC(CSC)N1C(=O)C2(CC2)NC1C1CCCC1. The third-order valence-electron chi connectivity index (χ3n) is 5.19. The summed E-state index contributed by atoms with van der Waals surface area (Å²) < 4.78 is 0. The fourth-order valence-electron chi connectivity index (χ4n) is 3.87. The second-order valence-electron chi connectivity index (χ2n) is 6.45. The molecule has 3 nitrogen and oxygen atoms in total. The minimum Gasteiger partial charge on any atom is -0.321 e. The van der Waals surface area contributed by atoms with Gasteiger partial charge >= 0.3 is 0 Å². The lowest BCUT2D eigenvalue weighted by Crippen LogP contribution is -2.48. The number of hydrogen-bond acceptors (Lipinski definition) is 3. The van der Waals surface area contributed by atoms with Gasteiger partial charge in [0.2, 0.25) is 5.91 Å². The number of hydrogen-bond donors (Lipinski definition) is 1. The summed E-state index contributed by atoms with van der Waals surface area (Å²) in [5, 5.41) is 3.72. The molecule has 2 atom stereocenters. The van der Waals surface area contributed by atoms with Crippen molar-refractivity contribution in [3.8, 4) is 0 Å². The van der Waals surface area contributed by atoms with Crippen molar-refractivity contribution in [1.82, 2.24) is 10.2 Å². The number of amides is 1. The quantitative estimate of drug-likeness (QED) is 0.841. The molecular weight excluding hydrogens is 256 g/mol. The highest BCUT2D eigenvalue weighted by atomic mass is 32.2. The summed E-state index contributed by atoms with van der Waals surface area (Å²) in [4.78, 5) is 15.0. The van der Waals surface area contributed by atoms with E-state index >= 15 is 0 Å². The van der Waals surface area contributed by atoms with Gasteiger partial charge in [0.25, 0.3) is 0 Å². The number of carbonyl (C=O) groups excluding carboxylic acids is 1. The molecule has 1 aliphatic heterocycles. The first-order chi connectivity index (χ1) is 9.22. The van der Waals surface area contributed by atoms with Gasteiger partial charge in [0.1, 0.15) is 0 Å². The highest BCUT2D eigenvalue weighted by Crippen LogP contribution is 2.46. The molecule has 3 rings (SSSR count). The van der Waals surface area contributed by atoms with E-state index in [1.165, 1.54) is 25.7 Å². The van der Waals surface area contributed by atoms with Gasteiger partial charge in [0, 0.05) is 11.8 Å². The predicted molar refractivity (Wildman–Crippen MR) is 80.2 cm³/mol. The monoisotopic (exact) mass is 282 g/mol. The van der Waals surface area contributed by atoms with Gasteiger partial charge in [-0.3, -0.25) is 10.1 Å². The predicted octanol–water partition coefficient (Wildman–Crippen LogP) is 2.61. The molecule has 1 saturated heterocycles. The molecule has 0 aromatic rings. The highest BCUT2D eigenvalue weighted by molar-refractivity contribution is 7.98. The van der Waals surface area contributed by atoms with Gasteiger partial charge in [-0.05, 0) is 44.3 Å². The molecule has 2 unspecified atom stereocenters. The average molecular weight is 282 g/mol. The first-order valence-corrected chi connectivity index (χ1v) is 9.20. The van der Waals surface area contributed by atoms with E-state index < -0.39 is 0 Å². The lowest BCUT2D eigenvalue weighted by Gasteiger charge is -2.35. The second-order valence-corrected chi connectivity index (χ2v) is 7.36. The van der Waals surface area contributed by atoms with E-state index in [-0.39, 0.29) is 5.54 Å². The van der Waals surface area contributed by atoms with Crippen LogP contribution in [0.5, 0.6) is 0 Å². The summed E-state index contributed by atoms with van der Waals surface area (Å²) in [6.07, 6.45) is 11.0. The molecule has 0 radical (unpaired) electrons. The number of rotatable bonds is 5. The zero-order chi connectivity index (χ0) is 13.5. The van der Waals surface area contributed by atoms with Gasteiger partial charge in [0.15, 0.2) is 0 Å². The van der Waals surface area contributed by atoms with Crippen LogP contribution < -0.4 is 5.32 Å². The maximum absolute atomic E-state index is 12.8. The lowest BCUT2D eigenvalue weighted by atomic mass is 10.0. The van der Waals surface area contributed by atoms with Crippen molar-refractivity contribution in [2.75, 3.05) is 12.0 Å². The Morgan fingerprint density at radius 1 is 1.42 bits per heavy atom. The smallest absolute Gasteiger partial charge is 0.244 e. The molecule has 1 N–H and O–H groups in total. The summed E-state index contributed by atoms with van der Waals surface area (Å²) in [5.41, 5.74) is -0.140. The normalized spacial score (nSPS) is 31.4. The first kappa shape index (κ1) is 13.7. The van der Waals surface area contributed by atoms with E-state index in [2.05, 4.69) is 23.4 Å². The van der Waals surface area contributed by atoms with Crippen molar-refractivity contribution < 1.29 is 4.79 Å². The lowest BCUT2D eigenvalue weighted by molar-refractivity contribution is -0.133. The molecule has 0 bridgehead atoms. The molecule has 1 heterocycles. The van der Waals surface area contributed by atoms with Gasteiger partial charge in [-0.1, -0.05) is 19.8 Å². The Balaban J connectivity index is 1.81. The van der Waals surface area contributed by atoms with E-state index in [1.807, 2.05) is 11.8 Å². The third-order valence-corrected chi connectivity index (χ3v) is 5.91. The van der Waals surface area contributed by atoms with Crippen LogP contribution in [-0.2, 0) is 4.79 Å². The topological polar surface area (TPSA) is 32.3 Å². The Bertz CT molecular complexity index is 350. The minimum atomic E-state index is -0.140. The zero-order valence-electron chi connectivity index (χ0n) is 12.2. The maximum Gasteiger partial charge on any atom is 0.244 e. The fourth-order valence-corrected chi connectivity index (χ4v) is 4.65. The van der Waals surface area contributed by atoms with Gasteiger partial charge in [-0.15, -0.1) is 0 Å². The highest BCUT2D eigenvalue weighted by Gasteiger charge is 2.61. The van der Waals surface area contributed by atoms with Gasteiger partial charge in [0.05, 0.1) is 11.7 Å². The molecule has 2 saturated carbocycles. The minimum absolute atomic E-state index is 0.140. The Labute approximate surface area is 120 Å². The van der Waals surface area contributed by atoms with Crippen molar-refractivity contribution in [2.24, 2.45) is 5.92 Å². The van der Waals surface area contributed by atoms with Crippen LogP contribution in [0, 0.1) is 5.92 Å². The Morgan fingerprint density at radius 2 is 2.11 bits per heavy atom. The number of thioether (sulfide) groups is 1. The summed E-state index contributed by atoms with van der Waals surface area (Å²) >= 11 is 1.87. The molecule has 0 aromatic carbocycles. The van der Waals surface area contributed by atoms with E-state index in [1.54, 1.807) is 0 Å². The largest absolute Gasteiger partial charge is 0.321 e. The third kappa shape index (κ3) is 2.31. The van der Waals surface area contributed by atoms with Crippen LogP contribution in [0.3, 0.4) is 0 Å². The summed E-state index contributed by atoms with van der Waals surface area (Å²) in [5.74, 6) is 2.17. The maximum atomic E-state index is 12.8. The van der Waals surface area contributed by atoms with Gasteiger partial charge in [-0.2, -0.15) is 11.8 Å². The van der Waals surface area contributed by atoms with E-state index in [4.69, 9.17) is 0 Å². The van der Waals surface area contributed by atoms with Crippen molar-refractivity contribution in [3.05, 3.63) is 0 Å². The van der Waals surface area contributed by atoms with Crippen LogP contribution in [0.15, 0.2) is 0 Å². The van der Waals surface area contributed by atoms with Crippen LogP contribution in [0.1, 0.15) is 51.9 Å². The fraction of sp³-hybridized carbons (Fsp3) is 0.933. The molecule has 108 valence electrons. The van der Waals surface area contributed by atoms with E-state index in [0.717, 1.165) is 25.0 Å². The van der Waals surface area contributed by atoms with Crippen LogP contribution in [0.25, 0.3) is 0 Å². The zero-order valence-corrected chi connectivity index (χ0v) is 13.0. The van der Waals surface area contributed by atoms with Crippen LogP contribution in [0.2, 0.25) is 0 Å². The molecule has 0 aromatic heterocycles. The van der Waals surface area contributed by atoms with Gasteiger partial charge in [-0.25, -0.2) is 0 Å². The summed E-state index contributed by atoms with van der Waals surface area (Å²) in [6.45, 7) is 2.22.